The molecular weight excluding hydrogens is 296 g/mol. The largest absolute Gasteiger partial charge is 0.330 e. The van der Waals surface area contributed by atoms with Crippen molar-refractivity contribution in [2.24, 2.45) is 5.73 Å². The molecule has 2 N–H and O–H groups in total. The standard InChI is InChI=1S/C21H28N2O/c1-4-23(20-8-6-5-7-9-20)21(24)14-19(15-22)18-12-10-17(11-13-18)16(2)3/h5-13,16,19H,4,14-15,22H2,1-3H3. The molecule has 3 nitrogen and oxygen atoms in total. The third-order valence-electron chi connectivity index (χ3n) is 4.47. The van der Waals surface area contributed by atoms with E-state index in [4.69, 9.17) is 5.73 Å². The first kappa shape index (κ1) is 18.2. The van der Waals surface area contributed by atoms with Crippen LogP contribution in [-0.2, 0) is 4.79 Å². The van der Waals surface area contributed by atoms with Gasteiger partial charge >= 0.3 is 0 Å². The summed E-state index contributed by atoms with van der Waals surface area (Å²) in [5, 5.41) is 0. The van der Waals surface area contributed by atoms with Crippen LogP contribution in [0.25, 0.3) is 0 Å². The molecule has 0 aliphatic carbocycles. The second kappa shape index (κ2) is 8.65. The zero-order valence-electron chi connectivity index (χ0n) is 14.9. The molecule has 0 aliphatic rings. The van der Waals surface area contributed by atoms with E-state index >= 15 is 0 Å². The van der Waals surface area contributed by atoms with Crippen molar-refractivity contribution in [1.82, 2.24) is 0 Å². The van der Waals surface area contributed by atoms with E-state index in [1.165, 1.54) is 5.56 Å². The summed E-state index contributed by atoms with van der Waals surface area (Å²) in [6, 6.07) is 18.3. The van der Waals surface area contributed by atoms with Gasteiger partial charge in [-0.3, -0.25) is 4.79 Å². The molecule has 0 fully saturated rings. The van der Waals surface area contributed by atoms with Gasteiger partial charge in [-0.25, -0.2) is 0 Å². The highest BCUT2D eigenvalue weighted by Crippen LogP contribution is 2.24. The lowest BCUT2D eigenvalue weighted by Gasteiger charge is -2.24. The number of nitrogens with two attached hydrogens (primary N) is 1. The first-order chi connectivity index (χ1) is 11.6. The van der Waals surface area contributed by atoms with E-state index in [0.717, 1.165) is 11.3 Å². The van der Waals surface area contributed by atoms with Crippen LogP contribution in [0.3, 0.4) is 0 Å². The minimum Gasteiger partial charge on any atom is -0.330 e. The number of benzene rings is 2. The predicted octanol–water partition coefficient (Wildman–Crippen LogP) is 4.30. The summed E-state index contributed by atoms with van der Waals surface area (Å²) < 4.78 is 0. The van der Waals surface area contributed by atoms with Crippen molar-refractivity contribution in [2.45, 2.75) is 39.0 Å². The predicted molar refractivity (Wildman–Crippen MR) is 101 cm³/mol. The quantitative estimate of drug-likeness (QED) is 0.825. The van der Waals surface area contributed by atoms with Crippen molar-refractivity contribution in [3.8, 4) is 0 Å². The molecule has 0 aliphatic heterocycles. The van der Waals surface area contributed by atoms with E-state index in [-0.39, 0.29) is 11.8 Å². The van der Waals surface area contributed by atoms with Crippen LogP contribution in [0.1, 0.15) is 50.2 Å². The van der Waals surface area contributed by atoms with Crippen molar-refractivity contribution in [3.05, 3.63) is 65.7 Å². The van der Waals surface area contributed by atoms with Gasteiger partial charge in [-0.05, 0) is 42.6 Å². The van der Waals surface area contributed by atoms with Gasteiger partial charge in [-0.2, -0.15) is 0 Å². The molecule has 128 valence electrons. The highest BCUT2D eigenvalue weighted by atomic mass is 16.2. The Morgan fingerprint density at radius 3 is 2.08 bits per heavy atom. The fraction of sp³-hybridized carbons (Fsp3) is 0.381. The van der Waals surface area contributed by atoms with Crippen molar-refractivity contribution in [1.29, 1.82) is 0 Å². The number of anilines is 1. The molecule has 0 saturated heterocycles. The van der Waals surface area contributed by atoms with Crippen molar-refractivity contribution in [3.63, 3.8) is 0 Å². The lowest BCUT2D eigenvalue weighted by atomic mass is 9.92. The molecule has 1 unspecified atom stereocenters. The van der Waals surface area contributed by atoms with E-state index in [0.29, 0.717) is 25.4 Å². The fourth-order valence-corrected chi connectivity index (χ4v) is 2.92. The van der Waals surface area contributed by atoms with Gasteiger partial charge in [-0.1, -0.05) is 56.3 Å². The molecule has 3 heteroatoms. The van der Waals surface area contributed by atoms with Crippen molar-refractivity contribution < 1.29 is 4.79 Å². The molecule has 2 rings (SSSR count). The number of nitrogens with zero attached hydrogens (tertiary/aromatic N) is 1. The molecule has 0 bridgehead atoms. The van der Waals surface area contributed by atoms with Crippen LogP contribution >= 0.6 is 0 Å². The van der Waals surface area contributed by atoms with Crippen LogP contribution in [0.5, 0.6) is 0 Å². The molecule has 1 atom stereocenters. The zero-order chi connectivity index (χ0) is 17.5. The number of para-hydroxylation sites is 1. The smallest absolute Gasteiger partial charge is 0.227 e. The van der Waals surface area contributed by atoms with Crippen molar-refractivity contribution >= 4 is 11.6 Å². The zero-order valence-corrected chi connectivity index (χ0v) is 14.9. The van der Waals surface area contributed by atoms with Crippen molar-refractivity contribution in [2.75, 3.05) is 18.0 Å². The maximum absolute atomic E-state index is 12.8. The normalized spacial score (nSPS) is 12.2. The molecule has 0 saturated carbocycles. The van der Waals surface area contributed by atoms with Gasteiger partial charge in [0, 0.05) is 24.6 Å². The van der Waals surface area contributed by atoms with Crippen LogP contribution in [-0.4, -0.2) is 19.0 Å². The van der Waals surface area contributed by atoms with E-state index < -0.39 is 0 Å². The van der Waals surface area contributed by atoms with Crippen LogP contribution in [0.2, 0.25) is 0 Å². The molecule has 2 aromatic rings. The molecule has 0 heterocycles. The Labute approximate surface area is 145 Å². The Kier molecular flexibility index (Phi) is 6.56. The number of carbonyl (C=O) groups excluding carboxylic acids is 1. The van der Waals surface area contributed by atoms with Gasteiger partial charge in [0.1, 0.15) is 0 Å². The molecule has 0 aromatic heterocycles. The van der Waals surface area contributed by atoms with Gasteiger partial charge in [0.05, 0.1) is 0 Å². The summed E-state index contributed by atoms with van der Waals surface area (Å²) in [5.41, 5.74) is 9.35. The van der Waals surface area contributed by atoms with Crippen LogP contribution in [0.15, 0.2) is 54.6 Å². The van der Waals surface area contributed by atoms with Crippen LogP contribution in [0, 0.1) is 0 Å². The maximum atomic E-state index is 12.8. The summed E-state index contributed by atoms with van der Waals surface area (Å²) in [7, 11) is 0. The molecule has 24 heavy (non-hydrogen) atoms. The first-order valence-electron chi connectivity index (χ1n) is 8.72. The summed E-state index contributed by atoms with van der Waals surface area (Å²) >= 11 is 0. The third-order valence-corrected chi connectivity index (χ3v) is 4.47. The number of hydrogen-bond acceptors (Lipinski definition) is 2. The topological polar surface area (TPSA) is 46.3 Å². The van der Waals surface area contributed by atoms with Gasteiger partial charge in [0.25, 0.3) is 0 Å². The SMILES string of the molecule is CCN(C(=O)CC(CN)c1ccc(C(C)C)cc1)c1ccccc1. The summed E-state index contributed by atoms with van der Waals surface area (Å²) in [6.07, 6.45) is 0.431. The fourth-order valence-electron chi connectivity index (χ4n) is 2.92. The molecule has 2 aromatic carbocycles. The lowest BCUT2D eigenvalue weighted by molar-refractivity contribution is -0.118. The Bertz CT molecular complexity index is 635. The average molecular weight is 324 g/mol. The van der Waals surface area contributed by atoms with E-state index in [1.54, 1.807) is 0 Å². The Morgan fingerprint density at radius 1 is 1.00 bits per heavy atom. The number of carbonyl (C=O) groups is 1. The van der Waals surface area contributed by atoms with Gasteiger partial charge in [0.2, 0.25) is 5.91 Å². The Hall–Kier alpha value is -2.13. The lowest BCUT2D eigenvalue weighted by Crippen LogP contribution is -2.32. The highest BCUT2D eigenvalue weighted by molar-refractivity contribution is 5.93. The summed E-state index contributed by atoms with van der Waals surface area (Å²) in [6.45, 7) is 7.49. The van der Waals surface area contributed by atoms with E-state index in [9.17, 15) is 4.79 Å². The van der Waals surface area contributed by atoms with Gasteiger partial charge < -0.3 is 10.6 Å². The minimum atomic E-state index is 0.0523. The van der Waals surface area contributed by atoms with E-state index in [2.05, 4.69) is 38.1 Å². The molecule has 0 radical (unpaired) electrons. The van der Waals surface area contributed by atoms with E-state index in [1.807, 2.05) is 42.2 Å². The second-order valence-corrected chi connectivity index (χ2v) is 6.43. The minimum absolute atomic E-state index is 0.0523. The highest BCUT2D eigenvalue weighted by Gasteiger charge is 2.20. The Balaban J connectivity index is 2.12. The monoisotopic (exact) mass is 324 g/mol. The maximum Gasteiger partial charge on any atom is 0.227 e. The molecular formula is C21H28N2O. The van der Waals surface area contributed by atoms with Crippen LogP contribution < -0.4 is 10.6 Å². The summed E-state index contributed by atoms with van der Waals surface area (Å²) in [5.74, 6) is 0.675. The van der Waals surface area contributed by atoms with Gasteiger partial charge in [-0.15, -0.1) is 0 Å². The number of hydrogen-bond donors (Lipinski definition) is 1. The third kappa shape index (κ3) is 4.45. The second-order valence-electron chi connectivity index (χ2n) is 6.43. The van der Waals surface area contributed by atoms with Crippen LogP contribution in [0.4, 0.5) is 5.69 Å². The number of amides is 1. The Morgan fingerprint density at radius 2 is 1.58 bits per heavy atom. The van der Waals surface area contributed by atoms with Gasteiger partial charge in [0.15, 0.2) is 0 Å². The molecule has 0 spiro atoms. The first-order valence-corrected chi connectivity index (χ1v) is 8.72. The number of rotatable bonds is 7. The average Bonchev–Trinajstić information content (AvgIpc) is 2.61. The molecule has 1 amide bonds. The summed E-state index contributed by atoms with van der Waals surface area (Å²) in [4.78, 5) is 14.6.